The number of carbonyl (C=O) groups is 2. The van der Waals surface area contributed by atoms with E-state index in [1.807, 2.05) is 34.9 Å². The van der Waals surface area contributed by atoms with E-state index >= 15 is 0 Å². The number of benzene rings is 3. The molecule has 0 radical (unpaired) electrons. The fourth-order valence-electron chi connectivity index (χ4n) is 4.69. The third-order valence-electron chi connectivity index (χ3n) is 6.94. The predicted octanol–water partition coefficient (Wildman–Crippen LogP) is 7.80. The van der Waals surface area contributed by atoms with Crippen molar-refractivity contribution in [3.63, 3.8) is 0 Å². The summed E-state index contributed by atoms with van der Waals surface area (Å²) in [4.78, 5) is 31.0. The van der Waals surface area contributed by atoms with Crippen molar-refractivity contribution < 1.29 is 23.1 Å². The van der Waals surface area contributed by atoms with Crippen LogP contribution in [-0.4, -0.2) is 30.2 Å². The first-order chi connectivity index (χ1) is 21.4. The molecule has 1 unspecified atom stereocenters. The Morgan fingerprint density at radius 3 is 2.27 bits per heavy atom. The van der Waals surface area contributed by atoms with E-state index in [0.717, 1.165) is 40.5 Å². The number of anilines is 1. The van der Waals surface area contributed by atoms with Gasteiger partial charge in [0, 0.05) is 12.0 Å². The number of carbonyl (C=O) groups excluding carboxylic acids is 2. The number of esters is 1. The summed E-state index contributed by atoms with van der Waals surface area (Å²) in [7, 11) is 0. The van der Waals surface area contributed by atoms with Gasteiger partial charge in [0.15, 0.2) is 0 Å². The molecule has 0 fully saturated rings. The quantitative estimate of drug-likeness (QED) is 0.110. The number of nitrogens with zero attached hydrogens (tertiary/aromatic N) is 3. The summed E-state index contributed by atoms with van der Waals surface area (Å²) in [6.07, 6.45) is 2.65. The minimum atomic E-state index is -2.57. The summed E-state index contributed by atoms with van der Waals surface area (Å²) in [6.45, 7) is 2.52. The maximum Gasteiger partial charge on any atom is 0.338 e. The topological polar surface area (TPSA) is 102 Å². The van der Waals surface area contributed by atoms with Crippen molar-refractivity contribution in [3.8, 4) is 10.4 Å². The van der Waals surface area contributed by atoms with Crippen molar-refractivity contribution in [2.45, 2.75) is 39.3 Å². The van der Waals surface area contributed by atoms with Crippen LogP contribution in [0, 0.1) is 0 Å². The summed E-state index contributed by atoms with van der Waals surface area (Å²) in [6, 6.07) is 26.6. The van der Waals surface area contributed by atoms with E-state index in [1.165, 1.54) is 11.3 Å². The highest BCUT2D eigenvalue weighted by atomic mass is 35.5. The Morgan fingerprint density at radius 1 is 0.977 bits per heavy atom. The van der Waals surface area contributed by atoms with Crippen LogP contribution in [-0.2, 0) is 35.6 Å². The molecule has 0 aliphatic heterocycles. The van der Waals surface area contributed by atoms with Crippen molar-refractivity contribution in [2.24, 2.45) is 0 Å². The van der Waals surface area contributed by atoms with Crippen LogP contribution in [0.4, 0.5) is 5.69 Å². The second kappa shape index (κ2) is 14.6. The van der Waals surface area contributed by atoms with Gasteiger partial charge in [0.2, 0.25) is 0 Å². The minimum Gasteiger partial charge on any atom is -0.455 e. The van der Waals surface area contributed by atoms with Gasteiger partial charge in [0.05, 0.1) is 22.7 Å². The normalized spacial score (nSPS) is 11.7. The number of hydrogen-bond acceptors (Lipinski definition) is 6. The Morgan fingerprint density at radius 2 is 1.64 bits per heavy atom. The Bertz CT molecular complexity index is 1760. The van der Waals surface area contributed by atoms with E-state index in [2.05, 4.69) is 6.92 Å². The van der Waals surface area contributed by atoms with Crippen LogP contribution >= 0.6 is 22.9 Å². The van der Waals surface area contributed by atoms with Gasteiger partial charge in [-0.2, -0.15) is 0 Å². The van der Waals surface area contributed by atoms with Crippen molar-refractivity contribution >= 4 is 51.8 Å². The van der Waals surface area contributed by atoms with Gasteiger partial charge in [0.1, 0.15) is 23.3 Å². The molecule has 44 heavy (non-hydrogen) atoms. The van der Waals surface area contributed by atoms with Gasteiger partial charge in [-0.3, -0.25) is 9.35 Å². The van der Waals surface area contributed by atoms with Gasteiger partial charge >= 0.3 is 5.97 Å². The van der Waals surface area contributed by atoms with Crippen molar-refractivity contribution in [3.05, 3.63) is 130 Å². The minimum absolute atomic E-state index is 0.0385. The first kappa shape index (κ1) is 31.3. The smallest absolute Gasteiger partial charge is 0.338 e. The van der Waals surface area contributed by atoms with Crippen LogP contribution < -0.4 is 4.31 Å². The molecule has 11 heteroatoms. The SMILES string of the molecule is CCCCc1nc(COC(=O)c2ccccc2)c(Cl)n1Cc1ccc(-c2sccc2N(C(=O)c2ccccc2)S(=O)O)cc1. The van der Waals surface area contributed by atoms with E-state index < -0.39 is 23.1 Å². The fourth-order valence-corrected chi connectivity index (χ4v) is 6.45. The van der Waals surface area contributed by atoms with Crippen LogP contribution in [0.3, 0.4) is 0 Å². The molecule has 226 valence electrons. The van der Waals surface area contributed by atoms with Crippen molar-refractivity contribution in [2.75, 3.05) is 4.31 Å². The summed E-state index contributed by atoms with van der Waals surface area (Å²) in [5.74, 6) is -0.195. The zero-order chi connectivity index (χ0) is 31.1. The number of imidazole rings is 1. The number of amides is 1. The molecular formula is C33H30ClN3O5S2. The molecule has 8 nitrogen and oxygen atoms in total. The number of aryl methyl sites for hydroxylation is 1. The highest BCUT2D eigenvalue weighted by Gasteiger charge is 2.26. The van der Waals surface area contributed by atoms with Crippen LogP contribution in [0.25, 0.3) is 10.4 Å². The molecule has 2 aromatic heterocycles. The monoisotopic (exact) mass is 647 g/mol. The third kappa shape index (κ3) is 7.16. The van der Waals surface area contributed by atoms with E-state index in [-0.39, 0.29) is 6.61 Å². The molecule has 5 rings (SSSR count). The van der Waals surface area contributed by atoms with Crippen LogP contribution in [0.5, 0.6) is 0 Å². The Balaban J connectivity index is 1.36. The van der Waals surface area contributed by atoms with Crippen LogP contribution in [0.1, 0.15) is 57.6 Å². The average molecular weight is 648 g/mol. The number of rotatable bonds is 12. The lowest BCUT2D eigenvalue weighted by Crippen LogP contribution is -2.32. The second-order valence-electron chi connectivity index (χ2n) is 9.93. The largest absolute Gasteiger partial charge is 0.455 e. The third-order valence-corrected chi connectivity index (χ3v) is 8.99. The van der Waals surface area contributed by atoms with Gasteiger partial charge in [-0.15, -0.1) is 11.3 Å². The maximum atomic E-state index is 13.2. The van der Waals surface area contributed by atoms with Crippen LogP contribution in [0.2, 0.25) is 5.15 Å². The molecule has 1 N–H and O–H groups in total. The lowest BCUT2D eigenvalue weighted by Gasteiger charge is -2.19. The lowest BCUT2D eigenvalue weighted by molar-refractivity contribution is 0.0468. The number of unbranched alkanes of at least 4 members (excludes halogenated alkanes) is 1. The molecule has 1 amide bonds. The first-order valence-corrected chi connectivity index (χ1v) is 16.3. The van der Waals surface area contributed by atoms with E-state index in [0.29, 0.717) is 39.1 Å². The molecular weight excluding hydrogens is 618 g/mol. The van der Waals surface area contributed by atoms with Gasteiger partial charge in [-0.25, -0.2) is 18.3 Å². The molecule has 1 atom stereocenters. The van der Waals surface area contributed by atoms with Gasteiger partial charge < -0.3 is 9.30 Å². The molecule has 0 aliphatic rings. The summed E-state index contributed by atoms with van der Waals surface area (Å²) in [5.41, 5.74) is 3.38. The van der Waals surface area contributed by atoms with E-state index in [1.54, 1.807) is 66.0 Å². The zero-order valence-corrected chi connectivity index (χ0v) is 26.3. The molecule has 0 aliphatic carbocycles. The molecule has 0 saturated carbocycles. The van der Waals surface area contributed by atoms with Gasteiger partial charge in [-0.05, 0) is 53.3 Å². The van der Waals surface area contributed by atoms with E-state index in [4.69, 9.17) is 21.3 Å². The maximum absolute atomic E-state index is 13.2. The standard InChI is InChI=1S/C33H30ClN3O5S2/c1-2-3-14-29-35-27(22-42-33(39)26-12-8-5-9-13-26)31(34)36(29)21-23-15-17-24(18-16-23)30-28(19-20-43-30)37(44(40)41)32(38)25-10-6-4-7-11-25/h4-13,15-20H,2-3,14,21-22H2,1H3,(H,40,41). The summed E-state index contributed by atoms with van der Waals surface area (Å²) < 4.78 is 30.7. The molecule has 0 spiro atoms. The molecule has 3 aromatic carbocycles. The Kier molecular flexibility index (Phi) is 10.4. The summed E-state index contributed by atoms with van der Waals surface area (Å²) >= 11 is 5.60. The lowest BCUT2D eigenvalue weighted by atomic mass is 10.1. The average Bonchev–Trinajstić information content (AvgIpc) is 3.64. The zero-order valence-electron chi connectivity index (χ0n) is 23.9. The van der Waals surface area contributed by atoms with Crippen molar-refractivity contribution in [1.82, 2.24) is 9.55 Å². The predicted molar refractivity (Wildman–Crippen MR) is 174 cm³/mol. The summed E-state index contributed by atoms with van der Waals surface area (Å²) in [5, 5.41) is 2.20. The molecule has 5 aromatic rings. The highest BCUT2D eigenvalue weighted by Crippen LogP contribution is 2.37. The number of thiophene rings is 1. The Hall–Kier alpha value is -4.09. The first-order valence-electron chi connectivity index (χ1n) is 14.0. The number of ether oxygens (including phenoxy) is 1. The second-order valence-corrected chi connectivity index (χ2v) is 12.0. The number of aromatic nitrogens is 2. The van der Waals surface area contributed by atoms with E-state index in [9.17, 15) is 18.4 Å². The molecule has 0 saturated heterocycles. The number of halogens is 1. The highest BCUT2D eigenvalue weighted by molar-refractivity contribution is 7.81. The van der Waals surface area contributed by atoms with Crippen molar-refractivity contribution in [1.29, 1.82) is 0 Å². The number of hydrogen-bond donors (Lipinski definition) is 1. The molecule has 2 heterocycles. The molecule has 0 bridgehead atoms. The van der Waals surface area contributed by atoms with Gasteiger partial charge in [0.25, 0.3) is 17.2 Å². The fraction of sp³-hybridized carbons (Fsp3) is 0.182. The van der Waals surface area contributed by atoms with Crippen LogP contribution in [0.15, 0.2) is 96.4 Å². The van der Waals surface area contributed by atoms with Gasteiger partial charge in [-0.1, -0.05) is 85.6 Å². The Labute approximate surface area is 267 Å².